The molecule has 1 aliphatic carbocycles. The number of oxime groups is 1. The van der Waals surface area contributed by atoms with Crippen molar-refractivity contribution in [2.45, 2.75) is 45.2 Å². The van der Waals surface area contributed by atoms with Crippen LogP contribution in [0.15, 0.2) is 5.16 Å². The zero-order valence-electron chi connectivity index (χ0n) is 9.81. The number of nitrogens with zero attached hydrogens (tertiary/aromatic N) is 2. The van der Waals surface area contributed by atoms with Crippen LogP contribution in [0.1, 0.15) is 33.1 Å². The molecule has 6 nitrogen and oxygen atoms in total. The van der Waals surface area contributed by atoms with Gasteiger partial charge in [-0.05, 0) is 33.1 Å². The van der Waals surface area contributed by atoms with Gasteiger partial charge in [0.05, 0.1) is 6.54 Å². The summed E-state index contributed by atoms with van der Waals surface area (Å²) in [5.74, 6) is 0.0393. The number of nitrogens with one attached hydrogen (secondary N) is 1. The molecule has 0 bridgehead atoms. The number of hydrogen-bond acceptors (Lipinski definition) is 3. The van der Waals surface area contributed by atoms with Crippen molar-refractivity contribution < 1.29 is 10.0 Å². The third-order valence-corrected chi connectivity index (χ3v) is 2.78. The largest absolute Gasteiger partial charge is 0.409 e. The van der Waals surface area contributed by atoms with Gasteiger partial charge in [-0.1, -0.05) is 5.16 Å². The molecule has 0 unspecified atom stereocenters. The van der Waals surface area contributed by atoms with Crippen molar-refractivity contribution in [3.63, 3.8) is 0 Å². The van der Waals surface area contributed by atoms with Crippen molar-refractivity contribution in [2.75, 3.05) is 6.54 Å². The van der Waals surface area contributed by atoms with Gasteiger partial charge in [-0.25, -0.2) is 4.79 Å². The second kappa shape index (κ2) is 5.58. The minimum Gasteiger partial charge on any atom is -0.409 e. The van der Waals surface area contributed by atoms with Gasteiger partial charge in [-0.2, -0.15) is 0 Å². The topological polar surface area (TPSA) is 90.9 Å². The van der Waals surface area contributed by atoms with Crippen molar-refractivity contribution in [3.8, 4) is 0 Å². The van der Waals surface area contributed by atoms with E-state index in [1.165, 1.54) is 6.42 Å². The highest BCUT2D eigenvalue weighted by Crippen LogP contribution is 2.18. The number of urea groups is 1. The summed E-state index contributed by atoms with van der Waals surface area (Å²) >= 11 is 0. The Bertz CT molecular complexity index is 274. The molecule has 16 heavy (non-hydrogen) atoms. The molecule has 0 aliphatic heterocycles. The molecule has 0 aromatic rings. The quantitative estimate of drug-likeness (QED) is 0.286. The molecule has 0 heterocycles. The van der Waals surface area contributed by atoms with Crippen LogP contribution in [0.4, 0.5) is 4.79 Å². The summed E-state index contributed by atoms with van der Waals surface area (Å²) in [6, 6.07) is 0.160. The van der Waals surface area contributed by atoms with Crippen LogP contribution in [-0.4, -0.2) is 40.6 Å². The number of rotatable bonds is 4. The van der Waals surface area contributed by atoms with Gasteiger partial charge in [0.2, 0.25) is 0 Å². The summed E-state index contributed by atoms with van der Waals surface area (Å²) in [6.07, 6.45) is 3.26. The highest BCUT2D eigenvalue weighted by atomic mass is 16.4. The maximum atomic E-state index is 11.9. The predicted molar refractivity (Wildman–Crippen MR) is 61.4 cm³/mol. The first-order valence-corrected chi connectivity index (χ1v) is 5.58. The van der Waals surface area contributed by atoms with Gasteiger partial charge < -0.3 is 21.2 Å². The monoisotopic (exact) mass is 228 g/mol. The van der Waals surface area contributed by atoms with Crippen LogP contribution in [-0.2, 0) is 0 Å². The molecule has 0 atom stereocenters. The first-order chi connectivity index (χ1) is 7.54. The van der Waals surface area contributed by atoms with E-state index in [1.807, 2.05) is 13.8 Å². The first-order valence-electron chi connectivity index (χ1n) is 5.58. The van der Waals surface area contributed by atoms with E-state index >= 15 is 0 Å². The fraction of sp³-hybridized carbons (Fsp3) is 0.800. The lowest BCUT2D eigenvalue weighted by Gasteiger charge is -2.32. The van der Waals surface area contributed by atoms with Gasteiger partial charge in [-0.3, -0.25) is 0 Å². The molecule has 1 rings (SSSR count). The molecule has 2 amide bonds. The lowest BCUT2D eigenvalue weighted by Crippen LogP contribution is -2.52. The van der Waals surface area contributed by atoms with Crippen LogP contribution < -0.4 is 11.1 Å². The van der Waals surface area contributed by atoms with Gasteiger partial charge in [0, 0.05) is 12.1 Å². The van der Waals surface area contributed by atoms with E-state index in [1.54, 1.807) is 4.90 Å². The summed E-state index contributed by atoms with van der Waals surface area (Å²) in [7, 11) is 0. The van der Waals surface area contributed by atoms with Gasteiger partial charge >= 0.3 is 6.03 Å². The number of carbonyl (C=O) groups excluding carboxylic acids is 1. The normalized spacial score (nSPS) is 17.1. The fourth-order valence-corrected chi connectivity index (χ4v) is 1.51. The highest BCUT2D eigenvalue weighted by Gasteiger charge is 2.24. The molecule has 0 aromatic carbocycles. The fourth-order valence-electron chi connectivity index (χ4n) is 1.51. The molecule has 0 aromatic heterocycles. The molecule has 1 fully saturated rings. The maximum Gasteiger partial charge on any atom is 0.318 e. The SMILES string of the molecule is CC(C)N(CC(N)=NO)C(=O)NC1CCC1. The molecule has 1 aliphatic rings. The van der Waals surface area contributed by atoms with Crippen LogP contribution >= 0.6 is 0 Å². The van der Waals surface area contributed by atoms with Crippen LogP contribution in [0.25, 0.3) is 0 Å². The van der Waals surface area contributed by atoms with Crippen molar-refractivity contribution in [2.24, 2.45) is 10.9 Å². The van der Waals surface area contributed by atoms with E-state index in [9.17, 15) is 4.79 Å². The minimum atomic E-state index is -0.147. The molecule has 0 saturated heterocycles. The first kappa shape index (κ1) is 12.6. The lowest BCUT2D eigenvalue weighted by atomic mass is 9.93. The Hall–Kier alpha value is -1.46. The number of hydrogen-bond donors (Lipinski definition) is 3. The summed E-state index contributed by atoms with van der Waals surface area (Å²) in [5, 5.41) is 14.3. The van der Waals surface area contributed by atoms with Gasteiger partial charge in [-0.15, -0.1) is 0 Å². The zero-order valence-corrected chi connectivity index (χ0v) is 9.81. The minimum absolute atomic E-state index is 0.0142. The van der Waals surface area contributed by atoms with Crippen LogP contribution in [0.3, 0.4) is 0 Å². The molecular formula is C10H20N4O2. The molecule has 4 N–H and O–H groups in total. The highest BCUT2D eigenvalue weighted by molar-refractivity contribution is 5.86. The van der Waals surface area contributed by atoms with Crippen molar-refractivity contribution in [1.82, 2.24) is 10.2 Å². The van der Waals surface area contributed by atoms with Crippen LogP contribution in [0.5, 0.6) is 0 Å². The molecule has 1 saturated carbocycles. The smallest absolute Gasteiger partial charge is 0.318 e. The Morgan fingerprint density at radius 2 is 2.25 bits per heavy atom. The third kappa shape index (κ3) is 3.29. The summed E-state index contributed by atoms with van der Waals surface area (Å²) in [4.78, 5) is 13.4. The van der Waals surface area contributed by atoms with E-state index in [2.05, 4.69) is 10.5 Å². The van der Waals surface area contributed by atoms with E-state index in [0.717, 1.165) is 12.8 Å². The Kier molecular flexibility index (Phi) is 4.39. The summed E-state index contributed by atoms with van der Waals surface area (Å²) < 4.78 is 0. The number of carbonyl (C=O) groups is 1. The van der Waals surface area contributed by atoms with Crippen molar-refractivity contribution in [3.05, 3.63) is 0 Å². The molecule has 0 spiro atoms. The van der Waals surface area contributed by atoms with E-state index < -0.39 is 0 Å². The average Bonchev–Trinajstić information content (AvgIpc) is 2.18. The maximum absolute atomic E-state index is 11.9. The van der Waals surface area contributed by atoms with Gasteiger partial charge in [0.1, 0.15) is 0 Å². The molecular weight excluding hydrogens is 208 g/mol. The second-order valence-corrected chi connectivity index (χ2v) is 4.39. The molecule has 92 valence electrons. The molecule has 0 radical (unpaired) electrons. The van der Waals surface area contributed by atoms with E-state index in [4.69, 9.17) is 10.9 Å². The predicted octanol–water partition coefficient (Wildman–Crippen LogP) is 0.705. The number of nitrogens with two attached hydrogens (primary N) is 1. The van der Waals surface area contributed by atoms with Crippen molar-refractivity contribution in [1.29, 1.82) is 0 Å². The average molecular weight is 228 g/mol. The summed E-state index contributed by atoms with van der Waals surface area (Å²) in [5.41, 5.74) is 5.41. The number of amidine groups is 1. The van der Waals surface area contributed by atoms with Crippen LogP contribution in [0.2, 0.25) is 0 Å². The number of amides is 2. The molecule has 6 heteroatoms. The Balaban J connectivity index is 2.50. The lowest BCUT2D eigenvalue weighted by molar-refractivity contribution is 0.180. The Morgan fingerprint density at radius 1 is 1.62 bits per heavy atom. The second-order valence-electron chi connectivity index (χ2n) is 4.39. The summed E-state index contributed by atoms with van der Waals surface area (Å²) in [6.45, 7) is 3.93. The van der Waals surface area contributed by atoms with Gasteiger partial charge in [0.25, 0.3) is 0 Å². The Labute approximate surface area is 95.5 Å². The van der Waals surface area contributed by atoms with E-state index in [0.29, 0.717) is 6.04 Å². The van der Waals surface area contributed by atoms with Crippen LogP contribution in [0, 0.1) is 0 Å². The van der Waals surface area contributed by atoms with E-state index in [-0.39, 0.29) is 24.5 Å². The van der Waals surface area contributed by atoms with Crippen molar-refractivity contribution >= 4 is 11.9 Å². The zero-order chi connectivity index (χ0) is 12.1. The van der Waals surface area contributed by atoms with Gasteiger partial charge in [0.15, 0.2) is 5.84 Å². The third-order valence-electron chi connectivity index (χ3n) is 2.78. The standard InChI is InChI=1S/C10H20N4O2/c1-7(2)14(6-9(11)13-16)10(15)12-8-4-3-5-8/h7-8,16H,3-6H2,1-2H3,(H2,11,13)(H,12,15). The Morgan fingerprint density at radius 3 is 2.62 bits per heavy atom.